The van der Waals surface area contributed by atoms with Gasteiger partial charge in [0.05, 0.1) is 12.2 Å². The molecule has 0 bridgehead atoms. The van der Waals surface area contributed by atoms with Crippen LogP contribution in [0.25, 0.3) is 0 Å². The number of nitrogens with zero attached hydrogens (tertiary/aromatic N) is 2. The number of urea groups is 1. The van der Waals surface area contributed by atoms with Gasteiger partial charge in [-0.15, -0.1) is 0 Å². The van der Waals surface area contributed by atoms with Crippen LogP contribution >= 0.6 is 0 Å². The van der Waals surface area contributed by atoms with Gasteiger partial charge in [-0.2, -0.15) is 0 Å². The summed E-state index contributed by atoms with van der Waals surface area (Å²) in [7, 11) is 0. The molecular formula is C16H31N3O2. The molecule has 0 aromatic rings. The Labute approximate surface area is 129 Å². The Hall–Kier alpha value is -0.810. The van der Waals surface area contributed by atoms with E-state index in [0.29, 0.717) is 13.1 Å². The zero-order valence-corrected chi connectivity index (χ0v) is 13.8. The molecule has 2 rings (SSSR count). The molecule has 21 heavy (non-hydrogen) atoms. The van der Waals surface area contributed by atoms with E-state index in [4.69, 9.17) is 4.74 Å². The van der Waals surface area contributed by atoms with Crippen LogP contribution in [0.3, 0.4) is 0 Å². The molecule has 2 heterocycles. The van der Waals surface area contributed by atoms with Crippen LogP contribution < -0.4 is 5.32 Å². The van der Waals surface area contributed by atoms with Gasteiger partial charge in [0.2, 0.25) is 0 Å². The lowest BCUT2D eigenvalue weighted by molar-refractivity contribution is -0.0545. The first-order valence-electron chi connectivity index (χ1n) is 8.45. The zero-order chi connectivity index (χ0) is 15.2. The molecule has 0 spiro atoms. The highest BCUT2D eigenvalue weighted by Crippen LogP contribution is 2.15. The third kappa shape index (κ3) is 5.47. The fraction of sp³-hybridized carbons (Fsp3) is 0.938. The van der Waals surface area contributed by atoms with Crippen LogP contribution in [0.1, 0.15) is 40.0 Å². The summed E-state index contributed by atoms with van der Waals surface area (Å²) in [4.78, 5) is 16.5. The van der Waals surface area contributed by atoms with E-state index in [1.54, 1.807) is 0 Å². The van der Waals surface area contributed by atoms with Gasteiger partial charge in [-0.1, -0.05) is 6.92 Å². The summed E-state index contributed by atoms with van der Waals surface area (Å²) < 4.78 is 5.65. The minimum Gasteiger partial charge on any atom is -0.372 e. The molecule has 0 aliphatic carbocycles. The number of morpholine rings is 1. The molecular weight excluding hydrogens is 266 g/mol. The van der Waals surface area contributed by atoms with Crippen LogP contribution in [0.15, 0.2) is 0 Å². The van der Waals surface area contributed by atoms with Crippen molar-refractivity contribution in [1.29, 1.82) is 0 Å². The molecule has 5 heteroatoms. The molecule has 2 fully saturated rings. The highest BCUT2D eigenvalue weighted by atomic mass is 16.5. The van der Waals surface area contributed by atoms with Crippen molar-refractivity contribution in [1.82, 2.24) is 15.1 Å². The lowest BCUT2D eigenvalue weighted by Gasteiger charge is -2.35. The van der Waals surface area contributed by atoms with Crippen LogP contribution in [0.4, 0.5) is 4.79 Å². The molecule has 5 nitrogen and oxygen atoms in total. The number of hydrogen-bond donors (Lipinski definition) is 1. The highest BCUT2D eigenvalue weighted by Gasteiger charge is 2.25. The molecule has 0 aromatic heterocycles. The van der Waals surface area contributed by atoms with Gasteiger partial charge in [-0.05, 0) is 52.1 Å². The predicted octanol–water partition coefficient (Wildman–Crippen LogP) is 1.93. The Morgan fingerprint density at radius 1 is 1.19 bits per heavy atom. The number of amides is 2. The van der Waals surface area contributed by atoms with Gasteiger partial charge in [0.25, 0.3) is 0 Å². The zero-order valence-electron chi connectivity index (χ0n) is 13.8. The monoisotopic (exact) mass is 297 g/mol. The normalized spacial score (nSPS) is 31.2. The lowest BCUT2D eigenvalue weighted by Crippen LogP contribution is -2.51. The first-order chi connectivity index (χ1) is 10.0. The summed E-state index contributed by atoms with van der Waals surface area (Å²) in [5.41, 5.74) is 0. The number of hydrogen-bond acceptors (Lipinski definition) is 3. The van der Waals surface area contributed by atoms with Crippen molar-refractivity contribution in [3.05, 3.63) is 0 Å². The number of nitrogens with one attached hydrogen (secondary N) is 1. The summed E-state index contributed by atoms with van der Waals surface area (Å²) >= 11 is 0. The van der Waals surface area contributed by atoms with E-state index in [1.165, 1.54) is 25.9 Å². The average molecular weight is 297 g/mol. The molecule has 0 aromatic carbocycles. The summed E-state index contributed by atoms with van der Waals surface area (Å²) in [5, 5.41) is 3.05. The van der Waals surface area contributed by atoms with Gasteiger partial charge >= 0.3 is 6.03 Å². The van der Waals surface area contributed by atoms with Crippen LogP contribution in [0, 0.1) is 5.92 Å². The van der Waals surface area contributed by atoms with E-state index in [-0.39, 0.29) is 18.2 Å². The van der Waals surface area contributed by atoms with E-state index < -0.39 is 0 Å². The van der Waals surface area contributed by atoms with Crippen molar-refractivity contribution in [3.8, 4) is 0 Å². The Kier molecular flexibility index (Phi) is 6.30. The number of ether oxygens (including phenoxy) is 1. The third-order valence-electron chi connectivity index (χ3n) is 4.38. The molecule has 2 aliphatic heterocycles. The van der Waals surface area contributed by atoms with Crippen molar-refractivity contribution >= 4 is 6.03 Å². The average Bonchev–Trinajstić information content (AvgIpc) is 2.42. The van der Waals surface area contributed by atoms with Gasteiger partial charge in [0.15, 0.2) is 0 Å². The van der Waals surface area contributed by atoms with Crippen LogP contribution in [0.5, 0.6) is 0 Å². The quantitative estimate of drug-likeness (QED) is 0.807. The summed E-state index contributed by atoms with van der Waals surface area (Å²) in [6.45, 7) is 12.1. The Morgan fingerprint density at radius 3 is 2.57 bits per heavy atom. The second-order valence-corrected chi connectivity index (χ2v) is 6.80. The Morgan fingerprint density at radius 2 is 1.90 bits per heavy atom. The molecule has 3 atom stereocenters. The number of carbonyl (C=O) groups is 1. The number of piperidine rings is 1. The van der Waals surface area contributed by atoms with Crippen LogP contribution in [-0.2, 0) is 4.74 Å². The number of likely N-dealkylation sites (tertiary alicyclic amines) is 1. The largest absolute Gasteiger partial charge is 0.372 e. The maximum absolute atomic E-state index is 12.1. The van der Waals surface area contributed by atoms with Gasteiger partial charge in [-0.3, -0.25) is 0 Å². The van der Waals surface area contributed by atoms with Crippen molar-refractivity contribution in [2.75, 3.05) is 39.3 Å². The van der Waals surface area contributed by atoms with E-state index in [9.17, 15) is 4.79 Å². The molecule has 2 saturated heterocycles. The highest BCUT2D eigenvalue weighted by molar-refractivity contribution is 5.74. The maximum Gasteiger partial charge on any atom is 0.317 e. The predicted molar refractivity (Wildman–Crippen MR) is 84.4 cm³/mol. The van der Waals surface area contributed by atoms with E-state index in [0.717, 1.165) is 25.4 Å². The second kappa shape index (κ2) is 7.99. The molecule has 2 amide bonds. The Balaban J connectivity index is 1.60. The van der Waals surface area contributed by atoms with Gasteiger partial charge in [-0.25, -0.2) is 4.79 Å². The molecule has 0 saturated carbocycles. The number of carbonyl (C=O) groups excluding carboxylic acids is 1. The van der Waals surface area contributed by atoms with Crippen LogP contribution in [-0.4, -0.2) is 67.3 Å². The molecule has 122 valence electrons. The van der Waals surface area contributed by atoms with Gasteiger partial charge in [0.1, 0.15) is 0 Å². The standard InChI is InChI=1S/C16H31N3O2/c1-13-6-4-8-18(10-13)9-5-7-17-16(20)19-11-14(2)21-15(3)12-19/h13-15H,4-12H2,1-3H3,(H,17,20). The topological polar surface area (TPSA) is 44.8 Å². The van der Waals surface area contributed by atoms with Gasteiger partial charge < -0.3 is 19.9 Å². The minimum absolute atomic E-state index is 0.0593. The smallest absolute Gasteiger partial charge is 0.317 e. The van der Waals surface area contributed by atoms with E-state index in [1.807, 2.05) is 18.7 Å². The molecule has 0 radical (unpaired) electrons. The first-order valence-corrected chi connectivity index (χ1v) is 8.45. The summed E-state index contributed by atoms with van der Waals surface area (Å²) in [5.74, 6) is 0.824. The first kappa shape index (κ1) is 16.6. The van der Waals surface area contributed by atoms with Crippen LogP contribution in [0.2, 0.25) is 0 Å². The third-order valence-corrected chi connectivity index (χ3v) is 4.38. The van der Waals surface area contributed by atoms with Crippen molar-refractivity contribution < 1.29 is 9.53 Å². The molecule has 2 aliphatic rings. The van der Waals surface area contributed by atoms with E-state index >= 15 is 0 Å². The minimum atomic E-state index is 0.0593. The second-order valence-electron chi connectivity index (χ2n) is 6.80. The van der Waals surface area contributed by atoms with Crippen molar-refractivity contribution in [2.45, 2.75) is 52.2 Å². The maximum atomic E-state index is 12.1. The fourth-order valence-corrected chi connectivity index (χ4v) is 3.44. The van der Waals surface area contributed by atoms with E-state index in [2.05, 4.69) is 17.1 Å². The molecule has 3 unspecified atom stereocenters. The molecule has 1 N–H and O–H groups in total. The fourth-order valence-electron chi connectivity index (χ4n) is 3.44. The number of rotatable bonds is 4. The van der Waals surface area contributed by atoms with Crippen molar-refractivity contribution in [2.24, 2.45) is 5.92 Å². The van der Waals surface area contributed by atoms with Crippen molar-refractivity contribution in [3.63, 3.8) is 0 Å². The summed E-state index contributed by atoms with van der Waals surface area (Å²) in [6, 6.07) is 0.0593. The van der Waals surface area contributed by atoms with Gasteiger partial charge in [0, 0.05) is 26.2 Å². The SMILES string of the molecule is CC1CCCN(CCCNC(=O)N2CC(C)OC(C)C2)C1. The lowest BCUT2D eigenvalue weighted by atomic mass is 10.0. The summed E-state index contributed by atoms with van der Waals surface area (Å²) in [6.07, 6.45) is 3.98. The Bertz CT molecular complexity index is 327.